The summed E-state index contributed by atoms with van der Waals surface area (Å²) in [5.41, 5.74) is -0.120. The highest BCUT2D eigenvalue weighted by Crippen LogP contribution is 2.33. The molecule has 0 radical (unpaired) electrons. The summed E-state index contributed by atoms with van der Waals surface area (Å²) in [5.74, 6) is 0.291. The molecule has 3 rings (SSSR count). The van der Waals surface area contributed by atoms with Crippen molar-refractivity contribution >= 4 is 17.9 Å². The first-order valence-corrected chi connectivity index (χ1v) is 7.53. The average molecular weight is 365 g/mol. The zero-order valence-electron chi connectivity index (χ0n) is 12.7. The number of carbonyl (C=O) groups excluding carboxylic acids is 1. The fourth-order valence-corrected chi connectivity index (χ4v) is 2.61. The Bertz CT molecular complexity index is 969. The number of carbonyl (C=O) groups is 1. The summed E-state index contributed by atoms with van der Waals surface area (Å²) in [5, 5.41) is 0.189. The van der Waals surface area contributed by atoms with Crippen molar-refractivity contribution in [2.75, 3.05) is 0 Å². The van der Waals surface area contributed by atoms with Gasteiger partial charge in [0.1, 0.15) is 12.8 Å². The quantitative estimate of drug-likeness (QED) is 0.643. The van der Waals surface area contributed by atoms with Crippen LogP contribution in [0, 0.1) is 0 Å². The Morgan fingerprint density at radius 1 is 1.28 bits per heavy atom. The summed E-state index contributed by atoms with van der Waals surface area (Å²) >= 11 is 6.12. The first kappa shape index (κ1) is 17.0. The molecular formula is C17H11ClF2N2O3. The van der Waals surface area contributed by atoms with Crippen molar-refractivity contribution in [1.82, 2.24) is 9.55 Å². The third kappa shape index (κ3) is 3.51. The third-order valence-corrected chi connectivity index (χ3v) is 3.94. The molecule has 0 N–H and O–H groups in total. The van der Waals surface area contributed by atoms with E-state index in [0.717, 1.165) is 6.07 Å². The largest absolute Gasteiger partial charge is 0.447 e. The molecule has 0 saturated heterocycles. The highest BCUT2D eigenvalue weighted by molar-refractivity contribution is 6.33. The monoisotopic (exact) mass is 364 g/mol. The maximum atomic E-state index is 13.0. The van der Waals surface area contributed by atoms with Gasteiger partial charge in [0, 0.05) is 39.5 Å². The predicted octanol–water partition coefficient (Wildman–Crippen LogP) is 3.96. The maximum absolute atomic E-state index is 13.0. The fraction of sp³-hybridized carbons (Fsp3) is 0.118. The molecule has 0 bridgehead atoms. The SMILES string of the molecule is O=Cc1cc(=O)n(Cc2ncco2)cc1-c1cc(C(F)F)ccc1Cl. The lowest BCUT2D eigenvalue weighted by atomic mass is 10.0. The molecule has 0 saturated carbocycles. The fourth-order valence-electron chi connectivity index (χ4n) is 2.40. The Hall–Kier alpha value is -2.80. The Labute approximate surface area is 145 Å². The number of hydrogen-bond donors (Lipinski definition) is 0. The van der Waals surface area contributed by atoms with E-state index in [2.05, 4.69) is 4.98 Å². The number of nitrogens with zero attached hydrogens (tertiary/aromatic N) is 2. The van der Waals surface area contributed by atoms with Crippen LogP contribution in [-0.2, 0) is 6.54 Å². The van der Waals surface area contributed by atoms with Crippen LogP contribution < -0.4 is 5.56 Å². The number of alkyl halides is 2. The minimum Gasteiger partial charge on any atom is -0.447 e. The molecule has 2 aromatic heterocycles. The van der Waals surface area contributed by atoms with Gasteiger partial charge in [-0.05, 0) is 12.1 Å². The lowest BCUT2D eigenvalue weighted by Gasteiger charge is -2.12. The van der Waals surface area contributed by atoms with Crippen LogP contribution in [0.2, 0.25) is 5.02 Å². The lowest BCUT2D eigenvalue weighted by Crippen LogP contribution is -2.21. The van der Waals surface area contributed by atoms with Gasteiger partial charge in [0.2, 0.25) is 5.89 Å². The molecule has 0 fully saturated rings. The van der Waals surface area contributed by atoms with Gasteiger partial charge in [-0.2, -0.15) is 0 Å². The summed E-state index contributed by atoms with van der Waals surface area (Å²) in [6.45, 7) is 0.0319. The molecule has 0 aliphatic rings. The Morgan fingerprint density at radius 2 is 2.08 bits per heavy atom. The molecule has 1 aromatic carbocycles. The zero-order valence-corrected chi connectivity index (χ0v) is 13.4. The van der Waals surface area contributed by atoms with E-state index in [1.54, 1.807) is 0 Å². The van der Waals surface area contributed by atoms with Crippen molar-refractivity contribution in [1.29, 1.82) is 0 Å². The second-order valence-electron chi connectivity index (χ2n) is 5.19. The van der Waals surface area contributed by atoms with Gasteiger partial charge < -0.3 is 8.98 Å². The summed E-state index contributed by atoms with van der Waals surface area (Å²) in [7, 11) is 0. The topological polar surface area (TPSA) is 65.1 Å². The minimum atomic E-state index is -2.69. The van der Waals surface area contributed by atoms with Gasteiger partial charge in [0.15, 0.2) is 6.29 Å². The molecule has 8 heteroatoms. The first-order chi connectivity index (χ1) is 12.0. The summed E-state index contributed by atoms with van der Waals surface area (Å²) in [6, 6.07) is 4.86. The van der Waals surface area contributed by atoms with E-state index in [-0.39, 0.29) is 33.8 Å². The van der Waals surface area contributed by atoms with Crippen LogP contribution in [0.5, 0.6) is 0 Å². The molecule has 0 atom stereocenters. The van der Waals surface area contributed by atoms with Gasteiger partial charge in [0.25, 0.3) is 12.0 Å². The highest BCUT2D eigenvalue weighted by atomic mass is 35.5. The molecular weight excluding hydrogens is 354 g/mol. The molecule has 0 spiro atoms. The lowest BCUT2D eigenvalue weighted by molar-refractivity contribution is 0.112. The van der Waals surface area contributed by atoms with Gasteiger partial charge in [0.05, 0.1) is 6.20 Å². The van der Waals surface area contributed by atoms with Gasteiger partial charge >= 0.3 is 0 Å². The smallest absolute Gasteiger partial charge is 0.263 e. The van der Waals surface area contributed by atoms with Crippen molar-refractivity contribution in [3.8, 4) is 11.1 Å². The van der Waals surface area contributed by atoms with Crippen molar-refractivity contribution in [2.24, 2.45) is 0 Å². The molecule has 2 heterocycles. The van der Waals surface area contributed by atoms with Crippen LogP contribution in [0.15, 0.2) is 52.1 Å². The zero-order chi connectivity index (χ0) is 18.0. The van der Waals surface area contributed by atoms with Crippen LogP contribution in [0.25, 0.3) is 11.1 Å². The number of pyridine rings is 1. The van der Waals surface area contributed by atoms with Crippen molar-refractivity contribution in [2.45, 2.75) is 13.0 Å². The Morgan fingerprint density at radius 3 is 2.72 bits per heavy atom. The molecule has 5 nitrogen and oxygen atoms in total. The van der Waals surface area contributed by atoms with Gasteiger partial charge in [-0.25, -0.2) is 13.8 Å². The van der Waals surface area contributed by atoms with E-state index in [9.17, 15) is 18.4 Å². The van der Waals surface area contributed by atoms with E-state index in [4.69, 9.17) is 16.0 Å². The number of hydrogen-bond acceptors (Lipinski definition) is 4. The maximum Gasteiger partial charge on any atom is 0.263 e. The molecule has 3 aromatic rings. The van der Waals surface area contributed by atoms with Crippen LogP contribution in [0.1, 0.15) is 28.2 Å². The van der Waals surface area contributed by atoms with Crippen LogP contribution >= 0.6 is 11.6 Å². The van der Waals surface area contributed by atoms with Crippen LogP contribution in [0.3, 0.4) is 0 Å². The average Bonchev–Trinajstić information content (AvgIpc) is 3.09. The number of rotatable bonds is 5. The van der Waals surface area contributed by atoms with E-state index in [1.807, 2.05) is 0 Å². The summed E-state index contributed by atoms with van der Waals surface area (Å²) in [4.78, 5) is 27.4. The Kier molecular flexibility index (Phi) is 4.76. The number of benzene rings is 1. The second kappa shape index (κ2) is 6.98. The first-order valence-electron chi connectivity index (χ1n) is 7.15. The molecule has 128 valence electrons. The van der Waals surface area contributed by atoms with E-state index < -0.39 is 12.0 Å². The van der Waals surface area contributed by atoms with E-state index in [1.165, 1.54) is 41.4 Å². The number of oxazole rings is 1. The van der Waals surface area contributed by atoms with Crippen molar-refractivity contribution < 1.29 is 18.0 Å². The highest BCUT2D eigenvalue weighted by Gasteiger charge is 2.16. The molecule has 0 unspecified atom stereocenters. The van der Waals surface area contributed by atoms with Gasteiger partial charge in [-0.3, -0.25) is 9.59 Å². The minimum absolute atomic E-state index is 0.0319. The summed E-state index contributed by atoms with van der Waals surface area (Å²) in [6.07, 6.45) is 1.98. The van der Waals surface area contributed by atoms with Crippen molar-refractivity contribution in [3.05, 3.63) is 75.3 Å². The molecule has 0 aliphatic heterocycles. The second-order valence-corrected chi connectivity index (χ2v) is 5.60. The van der Waals surface area contributed by atoms with E-state index >= 15 is 0 Å². The molecule has 0 amide bonds. The molecule has 0 aliphatic carbocycles. The number of aromatic nitrogens is 2. The molecule has 25 heavy (non-hydrogen) atoms. The standard InChI is InChI=1S/C17H11ClF2N2O3/c18-14-2-1-10(17(19)20)5-12(14)13-7-22(8-15-21-3-4-25-15)16(24)6-11(13)9-23/h1-7,9,17H,8H2. The number of aldehydes is 1. The van der Waals surface area contributed by atoms with Crippen LogP contribution in [-0.4, -0.2) is 15.8 Å². The normalized spacial score (nSPS) is 11.0. The number of halogens is 3. The van der Waals surface area contributed by atoms with Crippen molar-refractivity contribution in [3.63, 3.8) is 0 Å². The van der Waals surface area contributed by atoms with Gasteiger partial charge in [-0.15, -0.1) is 0 Å². The summed E-state index contributed by atoms with van der Waals surface area (Å²) < 4.78 is 32.3. The van der Waals surface area contributed by atoms with E-state index in [0.29, 0.717) is 12.2 Å². The third-order valence-electron chi connectivity index (χ3n) is 3.61. The Balaban J connectivity index is 2.16. The van der Waals surface area contributed by atoms with Gasteiger partial charge in [-0.1, -0.05) is 17.7 Å². The predicted molar refractivity (Wildman–Crippen MR) is 87.1 cm³/mol. The van der Waals surface area contributed by atoms with Crippen LogP contribution in [0.4, 0.5) is 8.78 Å².